The largest absolute Gasteiger partial charge is 0.397 e. The summed E-state index contributed by atoms with van der Waals surface area (Å²) in [5, 5.41) is 0.829. The predicted octanol–water partition coefficient (Wildman–Crippen LogP) is 2.81. The van der Waals surface area contributed by atoms with E-state index in [1.807, 2.05) is 19.1 Å². The highest BCUT2D eigenvalue weighted by atomic mass is 32.1. The molecular formula is C14H11N3OS. The van der Waals surface area contributed by atoms with Gasteiger partial charge in [0.1, 0.15) is 15.4 Å². The van der Waals surface area contributed by atoms with Crippen molar-refractivity contribution in [1.29, 1.82) is 0 Å². The van der Waals surface area contributed by atoms with Crippen LogP contribution < -0.4 is 5.73 Å². The number of nitrogens with two attached hydrogens (primary N) is 1. The number of ketones is 1. The van der Waals surface area contributed by atoms with Crippen LogP contribution in [0, 0.1) is 6.92 Å². The molecule has 0 saturated carbocycles. The summed E-state index contributed by atoms with van der Waals surface area (Å²) in [6.45, 7) is 1.91. The number of anilines is 1. The molecule has 5 heteroatoms. The summed E-state index contributed by atoms with van der Waals surface area (Å²) >= 11 is 1.32. The quantitative estimate of drug-likeness (QED) is 0.726. The Kier molecular flexibility index (Phi) is 2.76. The summed E-state index contributed by atoms with van der Waals surface area (Å²) in [6, 6.07) is 9.03. The van der Waals surface area contributed by atoms with E-state index in [-0.39, 0.29) is 5.78 Å². The van der Waals surface area contributed by atoms with Gasteiger partial charge in [-0.1, -0.05) is 6.07 Å². The minimum atomic E-state index is -0.154. The zero-order valence-electron chi connectivity index (χ0n) is 10.3. The number of carbonyl (C=O) groups is 1. The molecule has 0 unspecified atom stereocenters. The first-order valence-electron chi connectivity index (χ1n) is 5.78. The van der Waals surface area contributed by atoms with Crippen LogP contribution in [0.2, 0.25) is 0 Å². The smallest absolute Gasteiger partial charge is 0.223 e. The Morgan fingerprint density at radius 2 is 2.11 bits per heavy atom. The second kappa shape index (κ2) is 4.44. The van der Waals surface area contributed by atoms with Gasteiger partial charge in [-0.3, -0.25) is 9.78 Å². The van der Waals surface area contributed by atoms with Gasteiger partial charge in [0.15, 0.2) is 0 Å². The Bertz CT molecular complexity index is 765. The minimum Gasteiger partial charge on any atom is -0.397 e. The molecule has 0 fully saturated rings. The molecule has 3 heterocycles. The molecular weight excluding hydrogens is 258 g/mol. The third-order valence-electron chi connectivity index (χ3n) is 2.84. The van der Waals surface area contributed by atoms with E-state index < -0.39 is 0 Å². The van der Waals surface area contributed by atoms with Crippen molar-refractivity contribution in [2.24, 2.45) is 0 Å². The van der Waals surface area contributed by atoms with Crippen molar-refractivity contribution in [3.8, 4) is 0 Å². The van der Waals surface area contributed by atoms with Crippen molar-refractivity contribution in [1.82, 2.24) is 9.97 Å². The van der Waals surface area contributed by atoms with E-state index in [2.05, 4.69) is 9.97 Å². The highest BCUT2D eigenvalue weighted by Crippen LogP contribution is 2.33. The molecule has 0 saturated heterocycles. The number of carbonyl (C=O) groups excluding carboxylic acids is 1. The predicted molar refractivity (Wildman–Crippen MR) is 76.4 cm³/mol. The molecule has 3 aromatic rings. The SMILES string of the molecule is Cc1ccc2c(N)c(C(=O)c3ccccn3)sc2n1. The van der Waals surface area contributed by atoms with E-state index in [1.165, 1.54) is 11.3 Å². The molecule has 0 bridgehead atoms. The molecule has 2 N–H and O–H groups in total. The highest BCUT2D eigenvalue weighted by molar-refractivity contribution is 7.21. The number of nitrogen functional groups attached to an aromatic ring is 1. The van der Waals surface area contributed by atoms with E-state index in [1.54, 1.807) is 24.4 Å². The number of aromatic nitrogens is 2. The average molecular weight is 269 g/mol. The number of pyridine rings is 2. The molecule has 0 aromatic carbocycles. The van der Waals surface area contributed by atoms with Crippen molar-refractivity contribution >= 4 is 33.0 Å². The standard InChI is InChI=1S/C14H11N3OS/c1-8-5-6-9-11(15)13(19-14(9)17-8)12(18)10-4-2-3-7-16-10/h2-7H,15H2,1H3. The first-order valence-corrected chi connectivity index (χ1v) is 6.60. The minimum absolute atomic E-state index is 0.154. The Hall–Kier alpha value is -2.27. The summed E-state index contributed by atoms with van der Waals surface area (Å²) in [7, 11) is 0. The maximum Gasteiger partial charge on any atom is 0.223 e. The van der Waals surface area contributed by atoms with Crippen LogP contribution in [0.4, 0.5) is 5.69 Å². The van der Waals surface area contributed by atoms with Crippen LogP contribution in [0.3, 0.4) is 0 Å². The lowest BCUT2D eigenvalue weighted by molar-refractivity contribution is 0.103. The summed E-state index contributed by atoms with van der Waals surface area (Å²) < 4.78 is 0. The van der Waals surface area contributed by atoms with Crippen molar-refractivity contribution < 1.29 is 4.79 Å². The maximum atomic E-state index is 12.4. The van der Waals surface area contributed by atoms with Crippen molar-refractivity contribution in [2.75, 3.05) is 5.73 Å². The number of rotatable bonds is 2. The van der Waals surface area contributed by atoms with E-state index in [0.29, 0.717) is 16.3 Å². The second-order valence-corrected chi connectivity index (χ2v) is 5.19. The average Bonchev–Trinajstić information content (AvgIpc) is 2.75. The Morgan fingerprint density at radius 3 is 2.84 bits per heavy atom. The summed E-state index contributed by atoms with van der Waals surface area (Å²) in [5.74, 6) is -0.154. The van der Waals surface area contributed by atoms with Crippen LogP contribution in [0.15, 0.2) is 36.5 Å². The van der Waals surface area contributed by atoms with Crippen molar-refractivity contribution in [3.05, 3.63) is 52.8 Å². The molecule has 0 amide bonds. The fourth-order valence-corrected chi connectivity index (χ4v) is 2.96. The lowest BCUT2D eigenvalue weighted by Gasteiger charge is -1.98. The molecule has 0 spiro atoms. The van der Waals surface area contributed by atoms with Crippen LogP contribution >= 0.6 is 11.3 Å². The van der Waals surface area contributed by atoms with Crippen LogP contribution in [-0.4, -0.2) is 15.8 Å². The van der Waals surface area contributed by atoms with E-state index in [0.717, 1.165) is 15.9 Å². The van der Waals surface area contributed by atoms with Gasteiger partial charge in [0.05, 0.1) is 5.69 Å². The van der Waals surface area contributed by atoms with E-state index >= 15 is 0 Å². The molecule has 0 atom stereocenters. The number of fused-ring (bicyclic) bond motifs is 1. The molecule has 0 aliphatic carbocycles. The van der Waals surface area contributed by atoms with Crippen LogP contribution in [0.5, 0.6) is 0 Å². The molecule has 19 heavy (non-hydrogen) atoms. The normalized spacial score (nSPS) is 10.8. The monoisotopic (exact) mass is 269 g/mol. The van der Waals surface area contributed by atoms with E-state index in [4.69, 9.17) is 5.73 Å². The van der Waals surface area contributed by atoms with Gasteiger partial charge in [0, 0.05) is 17.3 Å². The van der Waals surface area contributed by atoms with Gasteiger partial charge in [-0.05, 0) is 31.2 Å². The molecule has 3 aromatic heterocycles. The molecule has 0 radical (unpaired) electrons. The van der Waals surface area contributed by atoms with Gasteiger partial charge >= 0.3 is 0 Å². The fraction of sp³-hybridized carbons (Fsp3) is 0.0714. The number of aryl methyl sites for hydroxylation is 1. The topological polar surface area (TPSA) is 68.9 Å². The maximum absolute atomic E-state index is 12.4. The molecule has 0 aliphatic rings. The van der Waals surface area contributed by atoms with Gasteiger partial charge < -0.3 is 5.73 Å². The van der Waals surface area contributed by atoms with Crippen molar-refractivity contribution in [3.63, 3.8) is 0 Å². The van der Waals surface area contributed by atoms with Gasteiger partial charge in [0.25, 0.3) is 0 Å². The van der Waals surface area contributed by atoms with Crippen LogP contribution in [0.25, 0.3) is 10.2 Å². The summed E-state index contributed by atoms with van der Waals surface area (Å²) in [6.07, 6.45) is 1.60. The lowest BCUT2D eigenvalue weighted by atomic mass is 10.1. The van der Waals surface area contributed by atoms with E-state index in [9.17, 15) is 4.79 Å². The summed E-state index contributed by atoms with van der Waals surface area (Å²) in [5.41, 5.74) is 7.85. The Labute approximate surface area is 113 Å². The highest BCUT2D eigenvalue weighted by Gasteiger charge is 2.19. The second-order valence-electron chi connectivity index (χ2n) is 4.19. The van der Waals surface area contributed by atoms with Crippen molar-refractivity contribution in [2.45, 2.75) is 6.92 Å². The lowest BCUT2D eigenvalue weighted by Crippen LogP contribution is -2.03. The third kappa shape index (κ3) is 1.98. The number of hydrogen-bond donors (Lipinski definition) is 1. The van der Waals surface area contributed by atoms with Gasteiger partial charge in [-0.15, -0.1) is 11.3 Å². The van der Waals surface area contributed by atoms with Gasteiger partial charge in [0.2, 0.25) is 5.78 Å². The van der Waals surface area contributed by atoms with Gasteiger partial charge in [-0.2, -0.15) is 0 Å². The van der Waals surface area contributed by atoms with Crippen LogP contribution in [0.1, 0.15) is 21.1 Å². The summed E-state index contributed by atoms with van der Waals surface area (Å²) in [4.78, 5) is 22.1. The number of hydrogen-bond acceptors (Lipinski definition) is 5. The Balaban J connectivity index is 2.16. The fourth-order valence-electron chi connectivity index (χ4n) is 1.87. The van der Waals surface area contributed by atoms with Gasteiger partial charge in [-0.25, -0.2) is 4.98 Å². The first kappa shape index (κ1) is 11.8. The zero-order chi connectivity index (χ0) is 13.4. The molecule has 3 rings (SSSR count). The molecule has 0 aliphatic heterocycles. The number of thiophene rings is 1. The number of nitrogens with zero attached hydrogens (tertiary/aromatic N) is 2. The first-order chi connectivity index (χ1) is 9.16. The van der Waals surface area contributed by atoms with Crippen LogP contribution in [-0.2, 0) is 0 Å². The zero-order valence-corrected chi connectivity index (χ0v) is 11.1. The molecule has 94 valence electrons. The Morgan fingerprint density at radius 1 is 1.26 bits per heavy atom. The molecule has 4 nitrogen and oxygen atoms in total. The third-order valence-corrected chi connectivity index (χ3v) is 3.95.